The Labute approximate surface area is 263 Å². The maximum Gasteiger partial charge on any atom is 0.321 e. The zero-order valence-electron chi connectivity index (χ0n) is 23.8. The molecule has 2 aliphatic rings. The van der Waals surface area contributed by atoms with Crippen molar-refractivity contribution in [2.24, 2.45) is 11.7 Å². The molecule has 230 valence electrons. The maximum absolute atomic E-state index is 13.9. The number of carbonyl (C=O) groups is 2. The van der Waals surface area contributed by atoms with Crippen molar-refractivity contribution in [2.45, 2.75) is 50.6 Å². The molecule has 14 heteroatoms. The highest BCUT2D eigenvalue weighted by Crippen LogP contribution is 2.39. The molecule has 1 atom stereocenters. The summed E-state index contributed by atoms with van der Waals surface area (Å²) in [5.41, 5.74) is 7.77. The van der Waals surface area contributed by atoms with Crippen molar-refractivity contribution in [1.29, 1.82) is 0 Å². The van der Waals surface area contributed by atoms with Crippen LogP contribution in [-0.2, 0) is 4.79 Å². The quantitative estimate of drug-likeness (QED) is 0.185. The number of benzene rings is 2. The van der Waals surface area contributed by atoms with Crippen molar-refractivity contribution in [3.63, 3.8) is 0 Å². The molecule has 1 saturated heterocycles. The van der Waals surface area contributed by atoms with E-state index >= 15 is 0 Å². The predicted octanol–water partition coefficient (Wildman–Crippen LogP) is 6.34. The summed E-state index contributed by atoms with van der Waals surface area (Å²) in [7, 11) is 0. The molecule has 2 fully saturated rings. The lowest BCUT2D eigenvalue weighted by Gasteiger charge is -2.33. The fraction of sp³-hybridized carbons (Fsp3) is 0.367. The minimum absolute atomic E-state index is 0.0503. The summed E-state index contributed by atoms with van der Waals surface area (Å²) in [4.78, 5) is 40.7. The second-order valence-electron chi connectivity index (χ2n) is 11.2. The smallest absolute Gasteiger partial charge is 0.321 e. The fourth-order valence-corrected chi connectivity index (χ4v) is 6.53. The van der Waals surface area contributed by atoms with Gasteiger partial charge in [0.15, 0.2) is 5.65 Å². The maximum atomic E-state index is 13.9. The number of nitrogens with two attached hydrogens (primary N) is 1. The summed E-state index contributed by atoms with van der Waals surface area (Å²) in [6.45, 7) is 1.14. The number of carbonyl (C=O) groups excluding carboxylic acids is 2. The number of likely N-dealkylation sites (tertiary alicyclic amines) is 1. The zero-order valence-corrected chi connectivity index (χ0v) is 25.3. The summed E-state index contributed by atoms with van der Waals surface area (Å²) in [5, 5.41) is 9.76. The van der Waals surface area contributed by atoms with Gasteiger partial charge in [0.05, 0.1) is 21.9 Å². The van der Waals surface area contributed by atoms with Gasteiger partial charge in [0.1, 0.15) is 11.3 Å². The van der Waals surface area contributed by atoms with Crippen LogP contribution < -0.4 is 21.7 Å². The number of rotatable bonds is 7. The molecule has 0 unspecified atom stereocenters. The van der Waals surface area contributed by atoms with Gasteiger partial charge in [0.2, 0.25) is 17.8 Å². The number of halogens is 3. The first-order chi connectivity index (χ1) is 21.2. The van der Waals surface area contributed by atoms with Gasteiger partial charge >= 0.3 is 6.03 Å². The van der Waals surface area contributed by atoms with Gasteiger partial charge in [-0.2, -0.15) is 4.98 Å². The average molecular weight is 641 g/mol. The molecule has 44 heavy (non-hydrogen) atoms. The second kappa shape index (κ2) is 12.8. The molecule has 5 N–H and O–H groups in total. The standard InChI is InChI=1S/C30H32Cl2FN9O2/c31-22-13-18(33)14-23(32)25(22)39-29-38-24-15-35-28(40-27(24)42(29)21-10-8-17(9-11-21)26(34)43)36-20-7-4-12-41(16-20)30(44)37-19-5-2-1-3-6-19/h1-3,5-6,13-15,17,20-21H,4,7-12,16H2,(H2,34,43)(H,37,44)(H,38,39)(H,35,36,40)/t17?,20-,21?/m1/s1. The average Bonchev–Trinajstić information content (AvgIpc) is 3.37. The number of fused-ring (bicyclic) bond motifs is 1. The minimum Gasteiger partial charge on any atom is -0.369 e. The van der Waals surface area contributed by atoms with Crippen LogP contribution in [0.5, 0.6) is 0 Å². The zero-order chi connectivity index (χ0) is 30.8. The number of primary amides is 1. The first kappa shape index (κ1) is 29.9. The SMILES string of the molecule is NC(=O)C1CCC(n2c(Nc3c(Cl)cc(F)cc3Cl)nc3cnc(N[C@@H]4CCCN(C(=O)Nc5ccccc5)C4)nc32)CC1. The number of hydrogen-bond acceptors (Lipinski definition) is 7. The fourth-order valence-electron chi connectivity index (χ4n) is 5.97. The van der Waals surface area contributed by atoms with Crippen LogP contribution in [0.25, 0.3) is 11.2 Å². The Kier molecular flexibility index (Phi) is 8.72. The van der Waals surface area contributed by atoms with E-state index in [2.05, 4.69) is 20.9 Å². The number of anilines is 4. The summed E-state index contributed by atoms with van der Waals surface area (Å²) in [6, 6.07) is 11.5. The third-order valence-corrected chi connectivity index (χ3v) is 8.80. The van der Waals surface area contributed by atoms with Crippen LogP contribution in [0.1, 0.15) is 44.6 Å². The van der Waals surface area contributed by atoms with E-state index in [9.17, 15) is 14.0 Å². The minimum atomic E-state index is -0.552. The molecular weight excluding hydrogens is 608 g/mol. The predicted molar refractivity (Wildman–Crippen MR) is 169 cm³/mol. The molecule has 1 saturated carbocycles. The van der Waals surface area contributed by atoms with Crippen LogP contribution in [-0.4, -0.2) is 55.5 Å². The molecule has 0 spiro atoms. The number of piperidine rings is 1. The number of hydrogen-bond donors (Lipinski definition) is 4. The van der Waals surface area contributed by atoms with E-state index in [4.69, 9.17) is 38.9 Å². The first-order valence-electron chi connectivity index (χ1n) is 14.6. The highest BCUT2D eigenvalue weighted by molar-refractivity contribution is 6.39. The molecule has 3 heterocycles. The van der Waals surface area contributed by atoms with Crippen LogP contribution >= 0.6 is 23.2 Å². The third-order valence-electron chi connectivity index (χ3n) is 8.21. The second-order valence-corrected chi connectivity index (χ2v) is 12.0. The van der Waals surface area contributed by atoms with Gasteiger partial charge in [-0.25, -0.2) is 19.2 Å². The summed E-state index contributed by atoms with van der Waals surface area (Å²) in [6.07, 6.45) is 5.95. The molecule has 1 aliphatic carbocycles. The van der Waals surface area contributed by atoms with Crippen LogP contribution in [0.2, 0.25) is 10.0 Å². The van der Waals surface area contributed by atoms with Crippen molar-refractivity contribution in [3.05, 3.63) is 64.5 Å². The number of para-hydroxylation sites is 1. The van der Waals surface area contributed by atoms with Crippen LogP contribution in [0, 0.1) is 11.7 Å². The van der Waals surface area contributed by atoms with E-state index in [0.29, 0.717) is 67.5 Å². The molecule has 2 aromatic carbocycles. The van der Waals surface area contributed by atoms with Crippen molar-refractivity contribution >= 4 is 69.6 Å². The van der Waals surface area contributed by atoms with Crippen LogP contribution in [0.15, 0.2) is 48.7 Å². The van der Waals surface area contributed by atoms with E-state index in [-0.39, 0.29) is 40.0 Å². The van der Waals surface area contributed by atoms with Crippen LogP contribution in [0.3, 0.4) is 0 Å². The number of urea groups is 1. The molecule has 11 nitrogen and oxygen atoms in total. The van der Waals surface area contributed by atoms with Gasteiger partial charge in [0, 0.05) is 36.8 Å². The van der Waals surface area contributed by atoms with Gasteiger partial charge in [-0.3, -0.25) is 9.36 Å². The Balaban J connectivity index is 1.26. The molecule has 0 radical (unpaired) electrons. The molecule has 6 rings (SSSR count). The highest BCUT2D eigenvalue weighted by atomic mass is 35.5. The number of amides is 3. The van der Waals surface area contributed by atoms with Crippen LogP contribution in [0.4, 0.5) is 32.5 Å². The van der Waals surface area contributed by atoms with Gasteiger partial charge in [0.25, 0.3) is 0 Å². The van der Waals surface area contributed by atoms with E-state index in [0.717, 1.165) is 18.5 Å². The topological polar surface area (TPSA) is 143 Å². The molecule has 0 bridgehead atoms. The summed E-state index contributed by atoms with van der Waals surface area (Å²) < 4.78 is 15.9. The van der Waals surface area contributed by atoms with E-state index < -0.39 is 5.82 Å². The van der Waals surface area contributed by atoms with Gasteiger partial charge in [-0.15, -0.1) is 0 Å². The Bertz CT molecular complexity index is 1660. The van der Waals surface area contributed by atoms with Crippen molar-refractivity contribution in [2.75, 3.05) is 29.0 Å². The third kappa shape index (κ3) is 6.51. The monoisotopic (exact) mass is 639 g/mol. The van der Waals surface area contributed by atoms with Crippen molar-refractivity contribution in [3.8, 4) is 0 Å². The normalized spacial score (nSPS) is 20.3. The number of nitrogens with zero attached hydrogens (tertiary/aromatic N) is 5. The molecular formula is C30H32Cl2FN9O2. The van der Waals surface area contributed by atoms with Gasteiger partial charge < -0.3 is 26.6 Å². The number of imidazole rings is 1. The van der Waals surface area contributed by atoms with E-state index in [1.165, 1.54) is 12.1 Å². The number of aromatic nitrogens is 4. The largest absolute Gasteiger partial charge is 0.369 e. The lowest BCUT2D eigenvalue weighted by atomic mass is 9.85. The van der Waals surface area contributed by atoms with E-state index in [1.54, 1.807) is 11.1 Å². The Morgan fingerprint density at radius 2 is 1.73 bits per heavy atom. The first-order valence-corrected chi connectivity index (χ1v) is 15.3. The van der Waals surface area contributed by atoms with Gasteiger partial charge in [-0.05, 0) is 62.8 Å². The van der Waals surface area contributed by atoms with Gasteiger partial charge in [-0.1, -0.05) is 41.4 Å². The Morgan fingerprint density at radius 1 is 1.00 bits per heavy atom. The summed E-state index contributed by atoms with van der Waals surface area (Å²) >= 11 is 12.7. The lowest BCUT2D eigenvalue weighted by Crippen LogP contribution is -2.47. The molecule has 2 aromatic heterocycles. The Hall–Kier alpha value is -4.16. The Morgan fingerprint density at radius 3 is 2.43 bits per heavy atom. The van der Waals surface area contributed by atoms with E-state index in [1.807, 2.05) is 34.9 Å². The summed E-state index contributed by atoms with van der Waals surface area (Å²) in [5.74, 6) is -0.201. The molecule has 1 aliphatic heterocycles. The molecule has 3 amide bonds. The van der Waals surface area contributed by atoms with Crippen molar-refractivity contribution < 1.29 is 14.0 Å². The lowest BCUT2D eigenvalue weighted by molar-refractivity contribution is -0.122. The van der Waals surface area contributed by atoms with Crippen molar-refractivity contribution in [1.82, 2.24) is 24.4 Å². The molecule has 4 aromatic rings. The highest BCUT2D eigenvalue weighted by Gasteiger charge is 2.30. The number of nitrogens with one attached hydrogen (secondary N) is 3.